The van der Waals surface area contributed by atoms with E-state index in [4.69, 9.17) is 4.74 Å². The minimum Gasteiger partial charge on any atom is -0.465 e. The highest BCUT2D eigenvalue weighted by atomic mass is 32.2. The molecular formula is C15H16O5S. The van der Waals surface area contributed by atoms with Crippen LogP contribution in [0.3, 0.4) is 0 Å². The maximum absolute atomic E-state index is 12.5. The standard InChI is InChI=1S/C15H16O5S/c1-4-20-15(19)13(9(2)16)14(18)11-7-5-6-8-12(11)21-10(3)17/h5-8,13H,4H2,1-3H3. The van der Waals surface area contributed by atoms with Gasteiger partial charge < -0.3 is 4.74 Å². The summed E-state index contributed by atoms with van der Waals surface area (Å²) in [7, 11) is 0. The van der Waals surface area contributed by atoms with Gasteiger partial charge in [-0.15, -0.1) is 0 Å². The average molecular weight is 308 g/mol. The Bertz CT molecular complexity index is 579. The number of ether oxygens (including phenoxy) is 1. The number of benzene rings is 1. The predicted molar refractivity (Wildman–Crippen MR) is 78.1 cm³/mol. The maximum atomic E-state index is 12.5. The van der Waals surface area contributed by atoms with Crippen molar-refractivity contribution in [2.24, 2.45) is 5.92 Å². The lowest BCUT2D eigenvalue weighted by atomic mass is 9.94. The molecule has 0 radical (unpaired) electrons. The van der Waals surface area contributed by atoms with Crippen molar-refractivity contribution in [1.82, 2.24) is 0 Å². The Morgan fingerprint density at radius 1 is 1.14 bits per heavy atom. The average Bonchev–Trinajstić information content (AvgIpc) is 2.38. The summed E-state index contributed by atoms with van der Waals surface area (Å²) in [5.41, 5.74) is 0.172. The van der Waals surface area contributed by atoms with Crippen LogP contribution in [0.1, 0.15) is 31.1 Å². The molecule has 21 heavy (non-hydrogen) atoms. The summed E-state index contributed by atoms with van der Waals surface area (Å²) in [5.74, 6) is -3.58. The van der Waals surface area contributed by atoms with Crippen LogP contribution in [0, 0.1) is 5.92 Å². The van der Waals surface area contributed by atoms with E-state index in [1.807, 2.05) is 0 Å². The van der Waals surface area contributed by atoms with Crippen LogP contribution in [-0.2, 0) is 19.1 Å². The molecule has 1 aromatic rings. The molecule has 0 bridgehead atoms. The minimum atomic E-state index is -1.49. The normalized spacial score (nSPS) is 11.6. The lowest BCUT2D eigenvalue weighted by Crippen LogP contribution is -2.32. The van der Waals surface area contributed by atoms with Crippen molar-refractivity contribution in [2.75, 3.05) is 6.61 Å². The largest absolute Gasteiger partial charge is 0.465 e. The van der Waals surface area contributed by atoms with Gasteiger partial charge in [0, 0.05) is 17.4 Å². The van der Waals surface area contributed by atoms with Gasteiger partial charge >= 0.3 is 5.97 Å². The third kappa shape index (κ3) is 4.53. The molecule has 1 rings (SSSR count). The topological polar surface area (TPSA) is 77.5 Å². The monoisotopic (exact) mass is 308 g/mol. The zero-order valence-electron chi connectivity index (χ0n) is 12.0. The van der Waals surface area contributed by atoms with Gasteiger partial charge in [0.2, 0.25) is 0 Å². The van der Waals surface area contributed by atoms with E-state index >= 15 is 0 Å². The van der Waals surface area contributed by atoms with E-state index in [2.05, 4.69) is 0 Å². The van der Waals surface area contributed by atoms with Crippen LogP contribution >= 0.6 is 11.8 Å². The van der Waals surface area contributed by atoms with Crippen molar-refractivity contribution < 1.29 is 23.9 Å². The lowest BCUT2D eigenvalue weighted by Gasteiger charge is -2.13. The number of carbonyl (C=O) groups excluding carboxylic acids is 4. The van der Waals surface area contributed by atoms with Crippen molar-refractivity contribution in [3.63, 3.8) is 0 Å². The Balaban J connectivity index is 3.18. The van der Waals surface area contributed by atoms with Gasteiger partial charge in [-0.25, -0.2) is 0 Å². The van der Waals surface area contributed by atoms with E-state index < -0.39 is 23.5 Å². The van der Waals surface area contributed by atoms with E-state index in [0.717, 1.165) is 11.8 Å². The maximum Gasteiger partial charge on any atom is 0.324 e. The van der Waals surface area contributed by atoms with Crippen LogP contribution in [0.15, 0.2) is 29.2 Å². The minimum absolute atomic E-state index is 0.0831. The number of carbonyl (C=O) groups is 4. The smallest absolute Gasteiger partial charge is 0.324 e. The van der Waals surface area contributed by atoms with Crippen LogP contribution in [0.4, 0.5) is 0 Å². The van der Waals surface area contributed by atoms with Gasteiger partial charge in [-0.2, -0.15) is 0 Å². The first-order valence-electron chi connectivity index (χ1n) is 6.37. The van der Waals surface area contributed by atoms with Gasteiger partial charge in [-0.1, -0.05) is 30.0 Å². The first kappa shape index (κ1) is 17.1. The Labute approximate surface area is 127 Å². The number of ketones is 2. The highest BCUT2D eigenvalue weighted by Crippen LogP contribution is 2.26. The van der Waals surface area contributed by atoms with E-state index in [1.165, 1.54) is 19.9 Å². The van der Waals surface area contributed by atoms with Crippen LogP contribution in [0.25, 0.3) is 0 Å². The summed E-state index contributed by atoms with van der Waals surface area (Å²) < 4.78 is 4.77. The van der Waals surface area contributed by atoms with Crippen molar-refractivity contribution in [3.05, 3.63) is 29.8 Å². The molecule has 0 fully saturated rings. The van der Waals surface area contributed by atoms with Gasteiger partial charge in [-0.05, 0) is 19.9 Å². The summed E-state index contributed by atoms with van der Waals surface area (Å²) in [5, 5.41) is -0.189. The van der Waals surface area contributed by atoms with E-state index in [1.54, 1.807) is 25.1 Å². The summed E-state index contributed by atoms with van der Waals surface area (Å²) in [6.07, 6.45) is 0. The second-order valence-electron chi connectivity index (χ2n) is 4.25. The predicted octanol–water partition coefficient (Wildman–Crippen LogP) is 2.28. The Hall–Kier alpha value is -1.95. The fourth-order valence-corrected chi connectivity index (χ4v) is 2.49. The first-order chi connectivity index (χ1) is 9.88. The molecule has 0 spiro atoms. The first-order valence-corrected chi connectivity index (χ1v) is 7.18. The van der Waals surface area contributed by atoms with Crippen molar-refractivity contribution in [2.45, 2.75) is 25.7 Å². The summed E-state index contributed by atoms with van der Waals surface area (Å²) in [4.78, 5) is 47.5. The number of Topliss-reactive ketones (excluding diaryl/α,β-unsaturated/α-hetero) is 2. The zero-order chi connectivity index (χ0) is 16.0. The van der Waals surface area contributed by atoms with Crippen LogP contribution < -0.4 is 0 Å². The molecule has 6 heteroatoms. The molecule has 1 unspecified atom stereocenters. The molecule has 5 nitrogen and oxygen atoms in total. The van der Waals surface area contributed by atoms with Crippen LogP contribution in [-0.4, -0.2) is 29.3 Å². The molecule has 1 aromatic carbocycles. The third-order valence-electron chi connectivity index (χ3n) is 2.60. The molecule has 0 aliphatic rings. The SMILES string of the molecule is CCOC(=O)C(C(C)=O)C(=O)c1ccccc1SC(C)=O. The third-order valence-corrected chi connectivity index (χ3v) is 3.46. The number of hydrogen-bond donors (Lipinski definition) is 0. The van der Waals surface area contributed by atoms with Gasteiger partial charge in [-0.3, -0.25) is 19.2 Å². The number of hydrogen-bond acceptors (Lipinski definition) is 6. The summed E-state index contributed by atoms with van der Waals surface area (Å²) in [6.45, 7) is 4.22. The molecular weight excluding hydrogens is 292 g/mol. The number of rotatable bonds is 6. The molecule has 0 aliphatic heterocycles. The molecule has 1 atom stereocenters. The number of esters is 1. The van der Waals surface area contributed by atoms with E-state index in [0.29, 0.717) is 4.90 Å². The Kier molecular flexibility index (Phi) is 6.30. The molecule has 0 aromatic heterocycles. The van der Waals surface area contributed by atoms with Crippen molar-refractivity contribution in [1.29, 1.82) is 0 Å². The van der Waals surface area contributed by atoms with Gasteiger partial charge in [0.05, 0.1) is 6.61 Å². The van der Waals surface area contributed by atoms with Crippen LogP contribution in [0.2, 0.25) is 0 Å². The van der Waals surface area contributed by atoms with Gasteiger partial charge in [0.15, 0.2) is 22.6 Å². The quantitative estimate of drug-likeness (QED) is 0.347. The number of thioether (sulfide) groups is 1. The Morgan fingerprint density at radius 3 is 2.29 bits per heavy atom. The summed E-state index contributed by atoms with van der Waals surface area (Å²) >= 11 is 0.884. The summed E-state index contributed by atoms with van der Waals surface area (Å²) in [6, 6.07) is 6.37. The molecule has 112 valence electrons. The fraction of sp³-hybridized carbons (Fsp3) is 0.333. The molecule has 0 heterocycles. The highest BCUT2D eigenvalue weighted by Gasteiger charge is 2.34. The van der Waals surface area contributed by atoms with Crippen LogP contribution in [0.5, 0.6) is 0 Å². The van der Waals surface area contributed by atoms with E-state index in [9.17, 15) is 19.2 Å². The molecule has 0 saturated heterocycles. The van der Waals surface area contributed by atoms with Crippen molar-refractivity contribution in [3.8, 4) is 0 Å². The van der Waals surface area contributed by atoms with E-state index in [-0.39, 0.29) is 17.3 Å². The fourth-order valence-electron chi connectivity index (χ4n) is 1.75. The second-order valence-corrected chi connectivity index (χ2v) is 5.47. The molecule has 0 N–H and O–H groups in total. The second kappa shape index (κ2) is 7.73. The van der Waals surface area contributed by atoms with Crippen molar-refractivity contribution >= 4 is 34.4 Å². The zero-order valence-corrected chi connectivity index (χ0v) is 12.9. The van der Waals surface area contributed by atoms with Gasteiger partial charge in [0.25, 0.3) is 0 Å². The molecule has 0 aliphatic carbocycles. The molecule has 0 saturated carbocycles. The lowest BCUT2D eigenvalue weighted by molar-refractivity contribution is -0.148. The highest BCUT2D eigenvalue weighted by molar-refractivity contribution is 8.13. The molecule has 0 amide bonds. The van der Waals surface area contributed by atoms with Gasteiger partial charge in [0.1, 0.15) is 0 Å². The Morgan fingerprint density at radius 2 is 1.76 bits per heavy atom.